The highest BCUT2D eigenvalue weighted by atomic mass is 16.6. The maximum Gasteiger partial charge on any atom is 0.410 e. The van der Waals surface area contributed by atoms with Gasteiger partial charge >= 0.3 is 6.09 Å². The van der Waals surface area contributed by atoms with Crippen molar-refractivity contribution >= 4 is 18.2 Å². The zero-order chi connectivity index (χ0) is 17.2. The van der Waals surface area contributed by atoms with Crippen LogP contribution in [0.1, 0.15) is 43.7 Å². The van der Waals surface area contributed by atoms with Gasteiger partial charge in [-0.15, -0.1) is 0 Å². The third kappa shape index (κ3) is 4.04. The highest BCUT2D eigenvalue weighted by Crippen LogP contribution is 2.22. The Morgan fingerprint density at radius 2 is 2.00 bits per heavy atom. The number of hydrogen-bond donors (Lipinski definition) is 0. The van der Waals surface area contributed by atoms with E-state index < -0.39 is 5.60 Å². The van der Waals surface area contributed by atoms with Gasteiger partial charge in [0.2, 0.25) is 5.89 Å². The molecule has 126 valence electrons. The van der Waals surface area contributed by atoms with Crippen molar-refractivity contribution < 1.29 is 13.9 Å². The molecular formula is C19H22N2O3. The number of aromatic nitrogens is 1. The van der Waals surface area contributed by atoms with Gasteiger partial charge in [0.15, 0.2) is 0 Å². The lowest BCUT2D eigenvalue weighted by molar-refractivity contribution is 0.0208. The molecule has 1 aromatic heterocycles. The van der Waals surface area contributed by atoms with E-state index >= 15 is 0 Å². The summed E-state index contributed by atoms with van der Waals surface area (Å²) in [7, 11) is 0. The Hall–Kier alpha value is -2.56. The highest BCUT2D eigenvalue weighted by molar-refractivity contribution is 5.69. The van der Waals surface area contributed by atoms with E-state index in [4.69, 9.17) is 9.15 Å². The molecule has 0 saturated carbocycles. The Balaban J connectivity index is 1.69. The summed E-state index contributed by atoms with van der Waals surface area (Å²) in [6.45, 7) is 6.58. The first-order valence-corrected chi connectivity index (χ1v) is 8.10. The molecule has 2 aromatic rings. The van der Waals surface area contributed by atoms with Crippen molar-refractivity contribution in [1.29, 1.82) is 0 Å². The first kappa shape index (κ1) is 16.3. The number of ether oxygens (including phenoxy) is 1. The molecule has 0 radical (unpaired) electrons. The van der Waals surface area contributed by atoms with Crippen LogP contribution in [-0.4, -0.2) is 28.1 Å². The molecule has 24 heavy (non-hydrogen) atoms. The maximum absolute atomic E-state index is 12.2. The molecule has 0 fully saturated rings. The van der Waals surface area contributed by atoms with E-state index in [1.807, 2.05) is 63.3 Å². The van der Waals surface area contributed by atoms with Gasteiger partial charge in [0.25, 0.3) is 0 Å². The second-order valence-electron chi connectivity index (χ2n) is 6.82. The van der Waals surface area contributed by atoms with Gasteiger partial charge in [-0.1, -0.05) is 30.3 Å². The van der Waals surface area contributed by atoms with Gasteiger partial charge in [-0.25, -0.2) is 9.78 Å². The number of oxazole rings is 1. The van der Waals surface area contributed by atoms with Gasteiger partial charge in [-0.05, 0) is 32.4 Å². The third-order valence-corrected chi connectivity index (χ3v) is 3.62. The minimum atomic E-state index is -0.498. The van der Waals surface area contributed by atoms with Gasteiger partial charge in [-0.3, -0.25) is 0 Å². The van der Waals surface area contributed by atoms with Crippen molar-refractivity contribution in [2.45, 2.75) is 39.3 Å². The van der Waals surface area contributed by atoms with Crippen LogP contribution in [0.2, 0.25) is 0 Å². The molecule has 0 atom stereocenters. The maximum atomic E-state index is 12.2. The normalized spacial score (nSPS) is 14.7. The predicted octanol–water partition coefficient (Wildman–Crippen LogP) is 4.14. The zero-order valence-electron chi connectivity index (χ0n) is 14.3. The molecule has 3 rings (SSSR count). The summed E-state index contributed by atoms with van der Waals surface area (Å²) >= 11 is 0. The number of amides is 1. The molecule has 1 aliphatic heterocycles. The first-order chi connectivity index (χ1) is 11.4. The number of carbonyl (C=O) groups is 1. The molecular weight excluding hydrogens is 304 g/mol. The number of benzene rings is 1. The molecule has 5 nitrogen and oxygen atoms in total. The van der Waals surface area contributed by atoms with E-state index in [9.17, 15) is 4.79 Å². The Kier molecular flexibility index (Phi) is 4.42. The lowest BCUT2D eigenvalue weighted by Crippen LogP contribution is -2.39. The summed E-state index contributed by atoms with van der Waals surface area (Å²) in [6, 6.07) is 9.98. The highest BCUT2D eigenvalue weighted by Gasteiger charge is 2.28. The van der Waals surface area contributed by atoms with Crippen molar-refractivity contribution in [2.75, 3.05) is 6.54 Å². The second kappa shape index (κ2) is 6.51. The molecule has 0 saturated heterocycles. The summed E-state index contributed by atoms with van der Waals surface area (Å²) in [5.74, 6) is 1.30. The zero-order valence-corrected chi connectivity index (χ0v) is 14.3. The van der Waals surface area contributed by atoms with Crippen LogP contribution in [0.5, 0.6) is 0 Å². The smallest absolute Gasteiger partial charge is 0.410 e. The topological polar surface area (TPSA) is 55.6 Å². The van der Waals surface area contributed by atoms with Gasteiger partial charge in [0.1, 0.15) is 11.4 Å². The van der Waals surface area contributed by atoms with E-state index in [-0.39, 0.29) is 6.09 Å². The Labute approximate surface area is 141 Å². The number of carbonyl (C=O) groups excluding carboxylic acids is 1. The molecule has 2 heterocycles. The Bertz CT molecular complexity index is 742. The molecule has 1 aromatic carbocycles. The van der Waals surface area contributed by atoms with E-state index in [1.54, 1.807) is 4.90 Å². The number of fused-ring (bicyclic) bond motifs is 1. The number of rotatable bonds is 2. The Morgan fingerprint density at radius 1 is 1.25 bits per heavy atom. The summed E-state index contributed by atoms with van der Waals surface area (Å²) in [4.78, 5) is 18.3. The summed E-state index contributed by atoms with van der Waals surface area (Å²) in [6.07, 6.45) is 4.18. The standard InChI is InChI=1S/C19H22N2O3/c1-19(2,3)24-18(22)21-12-11-15-16(13-21)23-17(20-15)10-9-14-7-5-4-6-8-14/h4-10H,11-13H2,1-3H3/b10-9+. The van der Waals surface area contributed by atoms with Crippen molar-refractivity contribution in [2.24, 2.45) is 0 Å². The molecule has 0 bridgehead atoms. The van der Waals surface area contributed by atoms with Crippen molar-refractivity contribution in [3.63, 3.8) is 0 Å². The largest absolute Gasteiger partial charge is 0.444 e. The Morgan fingerprint density at radius 3 is 2.71 bits per heavy atom. The minimum absolute atomic E-state index is 0.314. The van der Waals surface area contributed by atoms with Crippen molar-refractivity contribution in [3.8, 4) is 0 Å². The van der Waals surface area contributed by atoms with E-state index in [2.05, 4.69) is 4.98 Å². The van der Waals surface area contributed by atoms with Crippen LogP contribution in [0.15, 0.2) is 34.7 Å². The molecule has 1 amide bonds. The lowest BCUT2D eigenvalue weighted by atomic mass is 10.1. The lowest BCUT2D eigenvalue weighted by Gasteiger charge is -2.28. The summed E-state index contributed by atoms with van der Waals surface area (Å²) in [5, 5.41) is 0. The molecule has 0 aliphatic carbocycles. The first-order valence-electron chi connectivity index (χ1n) is 8.10. The van der Waals surface area contributed by atoms with Gasteiger partial charge < -0.3 is 14.1 Å². The average Bonchev–Trinajstić information content (AvgIpc) is 2.94. The fraction of sp³-hybridized carbons (Fsp3) is 0.368. The van der Waals surface area contributed by atoms with Crippen LogP contribution in [0.3, 0.4) is 0 Å². The van der Waals surface area contributed by atoms with Crippen LogP contribution < -0.4 is 0 Å². The van der Waals surface area contributed by atoms with Gasteiger partial charge in [0.05, 0.1) is 12.2 Å². The van der Waals surface area contributed by atoms with E-state index in [1.165, 1.54) is 0 Å². The summed E-state index contributed by atoms with van der Waals surface area (Å²) in [5.41, 5.74) is 1.51. The molecule has 1 aliphatic rings. The average molecular weight is 326 g/mol. The minimum Gasteiger partial charge on any atom is -0.444 e. The van der Waals surface area contributed by atoms with Gasteiger partial charge in [-0.2, -0.15) is 0 Å². The predicted molar refractivity (Wildman–Crippen MR) is 92.2 cm³/mol. The second-order valence-corrected chi connectivity index (χ2v) is 6.82. The quantitative estimate of drug-likeness (QED) is 0.832. The van der Waals surface area contributed by atoms with E-state index in [0.717, 1.165) is 17.0 Å². The SMILES string of the molecule is CC(C)(C)OC(=O)N1CCc2nc(/C=C/c3ccccc3)oc2C1. The molecule has 0 N–H and O–H groups in total. The van der Waals surface area contributed by atoms with E-state index in [0.29, 0.717) is 25.4 Å². The van der Waals surface area contributed by atoms with Crippen molar-refractivity contribution in [1.82, 2.24) is 9.88 Å². The third-order valence-electron chi connectivity index (χ3n) is 3.62. The van der Waals surface area contributed by atoms with Crippen LogP contribution in [0.25, 0.3) is 12.2 Å². The van der Waals surface area contributed by atoms with Crippen LogP contribution in [-0.2, 0) is 17.7 Å². The summed E-state index contributed by atoms with van der Waals surface area (Å²) < 4.78 is 11.2. The van der Waals surface area contributed by atoms with Crippen LogP contribution >= 0.6 is 0 Å². The van der Waals surface area contributed by atoms with Crippen molar-refractivity contribution in [3.05, 3.63) is 53.2 Å². The fourth-order valence-corrected chi connectivity index (χ4v) is 2.50. The molecule has 5 heteroatoms. The molecule has 0 spiro atoms. The van der Waals surface area contributed by atoms with Crippen LogP contribution in [0.4, 0.5) is 4.79 Å². The van der Waals surface area contributed by atoms with Gasteiger partial charge in [0, 0.05) is 19.0 Å². The number of nitrogens with zero attached hydrogens (tertiary/aromatic N) is 2. The number of hydrogen-bond acceptors (Lipinski definition) is 4. The molecule has 0 unspecified atom stereocenters. The van der Waals surface area contributed by atoms with Crippen LogP contribution in [0, 0.1) is 0 Å². The monoisotopic (exact) mass is 326 g/mol. The fourth-order valence-electron chi connectivity index (χ4n) is 2.50.